The van der Waals surface area contributed by atoms with E-state index in [0.29, 0.717) is 5.56 Å². The maximum absolute atomic E-state index is 10.8. The van der Waals surface area contributed by atoms with Gasteiger partial charge in [0.1, 0.15) is 5.82 Å². The van der Waals surface area contributed by atoms with Crippen LogP contribution in [-0.4, -0.2) is 23.0 Å². The Labute approximate surface area is 95.2 Å². The molecule has 5 nitrogen and oxygen atoms in total. The fraction of sp³-hybridized carbons (Fsp3) is 0.455. The zero-order valence-corrected chi connectivity index (χ0v) is 9.60. The maximum atomic E-state index is 10.8. The number of carbonyl (C=O) groups excluding carboxylic acids is 1. The second-order valence-electron chi connectivity index (χ2n) is 4.05. The molecule has 5 heteroatoms. The van der Waals surface area contributed by atoms with Crippen LogP contribution in [0.2, 0.25) is 0 Å². The molecule has 2 atom stereocenters. The Bertz CT molecular complexity index is 348. The van der Waals surface area contributed by atoms with E-state index in [1.807, 2.05) is 13.8 Å². The Morgan fingerprint density at radius 2 is 2.19 bits per heavy atom. The van der Waals surface area contributed by atoms with Gasteiger partial charge in [-0.15, -0.1) is 0 Å². The lowest BCUT2D eigenvalue weighted by molar-refractivity contribution is 0.1000. The van der Waals surface area contributed by atoms with Crippen molar-refractivity contribution in [1.82, 2.24) is 4.98 Å². The second-order valence-corrected chi connectivity index (χ2v) is 4.05. The molecule has 88 valence electrons. The third-order valence-electron chi connectivity index (χ3n) is 2.17. The minimum atomic E-state index is -0.470. The van der Waals surface area contributed by atoms with Crippen molar-refractivity contribution in [1.29, 1.82) is 0 Å². The summed E-state index contributed by atoms with van der Waals surface area (Å²) >= 11 is 0. The summed E-state index contributed by atoms with van der Waals surface area (Å²) in [5.41, 5.74) is 11.2. The molecule has 0 spiro atoms. The van der Waals surface area contributed by atoms with Gasteiger partial charge in [-0.2, -0.15) is 0 Å². The fourth-order valence-corrected chi connectivity index (χ4v) is 1.49. The topological polar surface area (TPSA) is 94.0 Å². The van der Waals surface area contributed by atoms with Crippen LogP contribution in [0.25, 0.3) is 0 Å². The predicted molar refractivity (Wildman–Crippen MR) is 64.1 cm³/mol. The van der Waals surface area contributed by atoms with Gasteiger partial charge in [0, 0.05) is 18.3 Å². The van der Waals surface area contributed by atoms with Crippen LogP contribution in [0.15, 0.2) is 18.3 Å². The molecular weight excluding hydrogens is 204 g/mol. The smallest absolute Gasteiger partial charge is 0.250 e. The Morgan fingerprint density at radius 1 is 1.50 bits per heavy atom. The Morgan fingerprint density at radius 3 is 2.62 bits per heavy atom. The summed E-state index contributed by atoms with van der Waals surface area (Å²) in [6, 6.07) is 3.77. The largest absolute Gasteiger partial charge is 0.368 e. The molecule has 0 aliphatic rings. The van der Waals surface area contributed by atoms with Crippen LogP contribution in [0.5, 0.6) is 0 Å². The third-order valence-corrected chi connectivity index (χ3v) is 2.17. The van der Waals surface area contributed by atoms with Crippen LogP contribution in [0.3, 0.4) is 0 Å². The summed E-state index contributed by atoms with van der Waals surface area (Å²) < 4.78 is 0. The first-order chi connectivity index (χ1) is 7.49. The van der Waals surface area contributed by atoms with Gasteiger partial charge in [0.2, 0.25) is 5.91 Å². The van der Waals surface area contributed by atoms with E-state index in [0.717, 1.165) is 12.2 Å². The van der Waals surface area contributed by atoms with Crippen molar-refractivity contribution in [2.75, 3.05) is 5.32 Å². The molecule has 0 saturated heterocycles. The van der Waals surface area contributed by atoms with Gasteiger partial charge >= 0.3 is 0 Å². The molecule has 1 heterocycles. The maximum Gasteiger partial charge on any atom is 0.250 e. The number of carbonyl (C=O) groups is 1. The van der Waals surface area contributed by atoms with E-state index in [1.165, 1.54) is 6.20 Å². The molecule has 1 aromatic heterocycles. The highest BCUT2D eigenvalue weighted by Gasteiger charge is 2.06. The van der Waals surface area contributed by atoms with Crippen LogP contribution >= 0.6 is 0 Å². The summed E-state index contributed by atoms with van der Waals surface area (Å²) in [5.74, 6) is 0.251. The first-order valence-electron chi connectivity index (χ1n) is 5.27. The number of anilines is 1. The molecule has 0 aromatic carbocycles. The summed E-state index contributed by atoms with van der Waals surface area (Å²) in [5, 5.41) is 3.20. The Balaban J connectivity index is 2.58. The highest BCUT2D eigenvalue weighted by Crippen LogP contribution is 2.08. The molecule has 0 fully saturated rings. The highest BCUT2D eigenvalue weighted by atomic mass is 16.1. The van der Waals surface area contributed by atoms with Crippen LogP contribution in [0.4, 0.5) is 5.82 Å². The van der Waals surface area contributed by atoms with Gasteiger partial charge in [-0.3, -0.25) is 4.79 Å². The molecule has 0 radical (unpaired) electrons. The molecule has 2 unspecified atom stereocenters. The number of pyridine rings is 1. The van der Waals surface area contributed by atoms with Crippen molar-refractivity contribution >= 4 is 11.7 Å². The number of rotatable bonds is 5. The SMILES string of the molecule is CC(N)CC(C)Nc1ccc(C(N)=O)cn1. The van der Waals surface area contributed by atoms with Gasteiger partial charge in [0.25, 0.3) is 0 Å². The molecule has 0 saturated carbocycles. The molecule has 1 rings (SSSR count). The van der Waals surface area contributed by atoms with E-state index >= 15 is 0 Å². The van der Waals surface area contributed by atoms with Gasteiger partial charge in [-0.05, 0) is 32.4 Å². The van der Waals surface area contributed by atoms with E-state index in [9.17, 15) is 4.79 Å². The van der Waals surface area contributed by atoms with Crippen molar-refractivity contribution in [2.45, 2.75) is 32.4 Å². The summed E-state index contributed by atoms with van der Waals surface area (Å²) in [7, 11) is 0. The van der Waals surface area contributed by atoms with E-state index in [-0.39, 0.29) is 12.1 Å². The van der Waals surface area contributed by atoms with Gasteiger partial charge < -0.3 is 16.8 Å². The number of nitrogens with one attached hydrogen (secondary N) is 1. The van der Waals surface area contributed by atoms with E-state index in [2.05, 4.69) is 10.3 Å². The average molecular weight is 222 g/mol. The predicted octanol–water partition coefficient (Wildman–Crippen LogP) is 0.718. The minimum Gasteiger partial charge on any atom is -0.368 e. The standard InChI is InChI=1S/C11H18N4O/c1-7(12)5-8(2)15-10-4-3-9(6-14-10)11(13)16/h3-4,6-8H,5,12H2,1-2H3,(H2,13,16)(H,14,15). The first kappa shape index (κ1) is 12.4. The number of aromatic nitrogens is 1. The molecule has 0 aliphatic carbocycles. The third kappa shape index (κ3) is 3.86. The summed E-state index contributed by atoms with van der Waals surface area (Å²) in [6.07, 6.45) is 2.32. The molecule has 1 amide bonds. The van der Waals surface area contributed by atoms with Crippen molar-refractivity contribution in [3.63, 3.8) is 0 Å². The van der Waals surface area contributed by atoms with Gasteiger partial charge in [0.05, 0.1) is 5.56 Å². The molecule has 16 heavy (non-hydrogen) atoms. The zero-order chi connectivity index (χ0) is 12.1. The average Bonchev–Trinajstić information content (AvgIpc) is 2.16. The normalized spacial score (nSPS) is 14.2. The van der Waals surface area contributed by atoms with Gasteiger partial charge in [0.15, 0.2) is 0 Å². The van der Waals surface area contributed by atoms with Crippen LogP contribution in [0.1, 0.15) is 30.6 Å². The number of amides is 1. The lowest BCUT2D eigenvalue weighted by atomic mass is 10.1. The van der Waals surface area contributed by atoms with Gasteiger partial charge in [-0.25, -0.2) is 4.98 Å². The quantitative estimate of drug-likeness (QED) is 0.684. The van der Waals surface area contributed by atoms with Crippen molar-refractivity contribution in [3.8, 4) is 0 Å². The molecular formula is C11H18N4O. The number of primary amides is 1. The van der Waals surface area contributed by atoms with Crippen molar-refractivity contribution in [2.24, 2.45) is 11.5 Å². The summed E-state index contributed by atoms with van der Waals surface area (Å²) in [4.78, 5) is 14.9. The van der Waals surface area contributed by atoms with Crippen molar-refractivity contribution < 1.29 is 4.79 Å². The van der Waals surface area contributed by atoms with Crippen LogP contribution < -0.4 is 16.8 Å². The van der Waals surface area contributed by atoms with Crippen molar-refractivity contribution in [3.05, 3.63) is 23.9 Å². The molecule has 0 aliphatic heterocycles. The number of nitrogens with two attached hydrogens (primary N) is 2. The molecule has 0 bridgehead atoms. The zero-order valence-electron chi connectivity index (χ0n) is 9.60. The monoisotopic (exact) mass is 222 g/mol. The first-order valence-corrected chi connectivity index (χ1v) is 5.27. The lowest BCUT2D eigenvalue weighted by Gasteiger charge is -2.16. The minimum absolute atomic E-state index is 0.146. The van der Waals surface area contributed by atoms with Crippen LogP contribution in [0, 0.1) is 0 Å². The lowest BCUT2D eigenvalue weighted by Crippen LogP contribution is -2.26. The fourth-order valence-electron chi connectivity index (χ4n) is 1.49. The number of hydrogen-bond donors (Lipinski definition) is 3. The van der Waals surface area contributed by atoms with Crippen LogP contribution in [-0.2, 0) is 0 Å². The summed E-state index contributed by atoms with van der Waals surface area (Å²) in [6.45, 7) is 3.99. The number of nitrogens with zero attached hydrogens (tertiary/aromatic N) is 1. The Kier molecular flexibility index (Phi) is 4.25. The van der Waals surface area contributed by atoms with Gasteiger partial charge in [-0.1, -0.05) is 0 Å². The van der Waals surface area contributed by atoms with E-state index in [4.69, 9.17) is 11.5 Å². The highest BCUT2D eigenvalue weighted by molar-refractivity contribution is 5.92. The van der Waals surface area contributed by atoms with E-state index < -0.39 is 5.91 Å². The molecule has 1 aromatic rings. The Hall–Kier alpha value is -1.62. The second kappa shape index (κ2) is 5.46. The van der Waals surface area contributed by atoms with E-state index in [1.54, 1.807) is 12.1 Å². The molecule has 5 N–H and O–H groups in total. The number of hydrogen-bond acceptors (Lipinski definition) is 4.